The van der Waals surface area contributed by atoms with Gasteiger partial charge in [0.1, 0.15) is 0 Å². The number of aliphatic carboxylic acids is 1. The molecule has 3 unspecified atom stereocenters. The van der Waals surface area contributed by atoms with Gasteiger partial charge in [0.2, 0.25) is 0 Å². The van der Waals surface area contributed by atoms with Crippen LogP contribution in [0.4, 0.5) is 17.1 Å². The smallest absolute Gasteiger partial charge is 0.373 e. The number of sulfonamides is 3. The molecule has 0 spiro atoms. The van der Waals surface area contributed by atoms with E-state index in [0.29, 0.717) is 39.8 Å². The molecule has 0 saturated carbocycles. The van der Waals surface area contributed by atoms with Crippen molar-refractivity contribution in [2.75, 3.05) is 53.7 Å². The molecular formula is C66H86N6O10S3. The van der Waals surface area contributed by atoms with Gasteiger partial charge < -0.3 is 21.1 Å². The molecule has 6 aromatic carbocycles. The fraction of sp³-hybridized carbons (Fsp3) is 0.424. The molecule has 85 heavy (non-hydrogen) atoms. The van der Waals surface area contributed by atoms with E-state index in [-0.39, 0.29) is 30.7 Å². The summed E-state index contributed by atoms with van der Waals surface area (Å²) in [6, 6.07) is 39.6. The zero-order valence-electron chi connectivity index (χ0n) is 50.6. The Morgan fingerprint density at radius 3 is 0.988 bits per heavy atom. The number of carboxylic acids is 1. The van der Waals surface area contributed by atoms with Crippen LogP contribution >= 0.6 is 0 Å². The number of nitrogens with one attached hydrogen (secondary N) is 3. The van der Waals surface area contributed by atoms with Crippen LogP contribution in [0.5, 0.6) is 0 Å². The number of carbonyl (C=O) groups is 1. The van der Waals surface area contributed by atoms with Gasteiger partial charge in [0.25, 0.3) is 30.1 Å². The van der Waals surface area contributed by atoms with E-state index in [1.54, 1.807) is 39.3 Å². The van der Waals surface area contributed by atoms with Crippen molar-refractivity contribution < 1.29 is 44.7 Å². The average molecular weight is 1220 g/mol. The summed E-state index contributed by atoms with van der Waals surface area (Å²) in [6.07, 6.45) is 15.2. The zero-order valence-corrected chi connectivity index (χ0v) is 53.0. The molecule has 6 aromatic rings. The average Bonchev–Trinajstić information content (AvgIpc) is 1.86. The predicted octanol–water partition coefficient (Wildman–Crippen LogP) is 12.4. The van der Waals surface area contributed by atoms with E-state index in [9.17, 15) is 30.0 Å². The first-order chi connectivity index (χ1) is 40.7. The highest BCUT2D eigenvalue weighted by atomic mass is 32.2. The van der Waals surface area contributed by atoms with Gasteiger partial charge in [0, 0.05) is 27.6 Å². The first-order valence-electron chi connectivity index (χ1n) is 29.6. The van der Waals surface area contributed by atoms with Gasteiger partial charge in [0.05, 0.1) is 49.9 Å². The van der Waals surface area contributed by atoms with E-state index < -0.39 is 36.0 Å². The van der Waals surface area contributed by atoms with E-state index in [1.165, 1.54) is 70.7 Å². The lowest BCUT2D eigenvalue weighted by Crippen LogP contribution is -2.26. The summed E-state index contributed by atoms with van der Waals surface area (Å²) < 4.78 is 83.5. The number of anilines is 3. The summed E-state index contributed by atoms with van der Waals surface area (Å²) in [5.41, 5.74) is 10.3. The zero-order chi connectivity index (χ0) is 61.9. The van der Waals surface area contributed by atoms with Crippen molar-refractivity contribution in [3.8, 4) is 0 Å². The number of aryl methyl sites for hydroxylation is 3. The van der Waals surface area contributed by atoms with Crippen LogP contribution < -0.4 is 28.9 Å². The standard InChI is InChI=1S/C23H32N2O2S.C22H30N2O2S.C20H24N2O4S.CO2/c1-4-5-6-7-8-11-16-24-23-19-12-9-10-13-21(19)25(3)28(26,27)22-17-18(2)14-15-20(22)23;1-4-5-6-7-10-15-23-22-18-11-8-9-12-20(18)24(3)27(25,26)21-16-17(2)13-14-19(21)22;1-14-10-11-16-18(13-14)27(25,26)22(2)17-8-4-3-7-15(17)20(16)21-12-6-5-9-19(23)24;2-1-3/h9-10,12-15,17,23-24H,4-8,11,16H2,1-3H3;8-9,11-14,16,22-23H,4-7,10,15H2,1-3H3;3-4,7-8,10-11,13,20-21H,5-6,9,12H2,1-2H3,(H,23,24);. The third-order valence-electron chi connectivity index (χ3n) is 15.8. The lowest BCUT2D eigenvalue weighted by molar-refractivity contribution is -0.191. The molecule has 0 amide bonds. The minimum absolute atomic E-state index is 0.122. The number of rotatable bonds is 21. The SMILES string of the molecule is CCCCCCCCNC1c2ccccc2N(C)S(=O)(=O)c2cc(C)ccc21.CCCCCCCNC1c2ccccc2N(C)S(=O)(=O)c2cc(C)ccc21.Cc1ccc2c(c1)S(=O)(=O)N(C)c1ccccc1C2NCCCCC(=O)O.O=C=O. The number of carboxylic acid groups (broad SMARTS) is 1. The molecule has 0 radical (unpaired) electrons. The van der Waals surface area contributed by atoms with Crippen molar-refractivity contribution in [1.29, 1.82) is 0 Å². The van der Waals surface area contributed by atoms with Crippen molar-refractivity contribution in [3.05, 3.63) is 177 Å². The minimum atomic E-state index is -3.66. The number of hydrogen-bond acceptors (Lipinski definition) is 12. The van der Waals surface area contributed by atoms with Crippen molar-refractivity contribution in [1.82, 2.24) is 16.0 Å². The molecule has 3 atom stereocenters. The molecule has 0 fully saturated rings. The Kier molecular flexibility index (Phi) is 25.1. The topological polar surface area (TPSA) is 220 Å². The van der Waals surface area contributed by atoms with Gasteiger partial charge in [-0.1, -0.05) is 163 Å². The number of nitrogens with zero attached hydrogens (tertiary/aromatic N) is 3. The van der Waals surface area contributed by atoms with Crippen LogP contribution in [0.1, 0.15) is 172 Å². The molecule has 3 heterocycles. The van der Waals surface area contributed by atoms with Crippen LogP contribution in [0.3, 0.4) is 0 Å². The second-order valence-corrected chi connectivity index (χ2v) is 27.8. The maximum atomic E-state index is 13.3. The molecule has 0 aromatic heterocycles. The Morgan fingerprint density at radius 1 is 0.424 bits per heavy atom. The maximum absolute atomic E-state index is 13.3. The van der Waals surface area contributed by atoms with Crippen molar-refractivity contribution >= 4 is 59.3 Å². The van der Waals surface area contributed by atoms with Crippen molar-refractivity contribution in [2.45, 2.75) is 157 Å². The number of fused-ring (bicyclic) bond motifs is 6. The maximum Gasteiger partial charge on any atom is 0.373 e. The first-order valence-corrected chi connectivity index (χ1v) is 34.0. The highest BCUT2D eigenvalue weighted by Crippen LogP contribution is 2.43. The Morgan fingerprint density at radius 2 is 0.694 bits per heavy atom. The Balaban J connectivity index is 0.000000199. The van der Waals surface area contributed by atoms with E-state index >= 15 is 0 Å². The number of unbranched alkanes of at least 4 members (excludes halogenated alkanes) is 10. The molecule has 3 aliphatic rings. The highest BCUT2D eigenvalue weighted by molar-refractivity contribution is 7.93. The number of hydrogen-bond donors (Lipinski definition) is 4. The summed E-state index contributed by atoms with van der Waals surface area (Å²) >= 11 is 0. The van der Waals surface area contributed by atoms with Gasteiger partial charge >= 0.3 is 12.1 Å². The summed E-state index contributed by atoms with van der Waals surface area (Å²) in [6.45, 7) is 12.6. The van der Waals surface area contributed by atoms with Crippen LogP contribution in [-0.4, -0.2) is 83.3 Å². The summed E-state index contributed by atoms with van der Waals surface area (Å²) in [5.74, 6) is -0.802. The summed E-state index contributed by atoms with van der Waals surface area (Å²) in [4.78, 5) is 28.1. The lowest BCUT2D eigenvalue weighted by atomic mass is 9.96. The van der Waals surface area contributed by atoms with Crippen molar-refractivity contribution in [3.63, 3.8) is 0 Å². The molecule has 19 heteroatoms. The molecular weight excluding hydrogens is 1130 g/mol. The molecule has 0 bridgehead atoms. The van der Waals surface area contributed by atoms with Crippen LogP contribution in [0, 0.1) is 20.8 Å². The molecule has 9 rings (SSSR count). The largest absolute Gasteiger partial charge is 0.481 e. The third kappa shape index (κ3) is 16.6. The highest BCUT2D eigenvalue weighted by Gasteiger charge is 2.37. The quantitative estimate of drug-likeness (QED) is 0.0494. The van der Waals surface area contributed by atoms with Gasteiger partial charge in [-0.2, -0.15) is 9.59 Å². The first kappa shape index (κ1) is 67.4. The molecule has 4 N–H and O–H groups in total. The summed E-state index contributed by atoms with van der Waals surface area (Å²) in [7, 11) is -5.94. The number of benzene rings is 6. The van der Waals surface area contributed by atoms with Gasteiger partial charge in [-0.25, -0.2) is 25.3 Å². The van der Waals surface area contributed by atoms with E-state index in [0.717, 1.165) is 87.4 Å². The lowest BCUT2D eigenvalue weighted by Gasteiger charge is -2.22. The Hall–Kier alpha value is -6.70. The van der Waals surface area contributed by atoms with Crippen molar-refractivity contribution in [2.24, 2.45) is 0 Å². The molecule has 0 saturated heterocycles. The molecule has 0 aliphatic carbocycles. The van der Waals surface area contributed by atoms with E-state index in [4.69, 9.17) is 14.7 Å². The molecule has 458 valence electrons. The monoisotopic (exact) mass is 1220 g/mol. The second-order valence-electron chi connectivity index (χ2n) is 22.0. The van der Waals surface area contributed by atoms with Gasteiger partial charge in [-0.15, -0.1) is 0 Å². The predicted molar refractivity (Wildman–Crippen MR) is 338 cm³/mol. The van der Waals surface area contributed by atoms with Gasteiger partial charge in [0.15, 0.2) is 0 Å². The number of carbonyl (C=O) groups excluding carboxylic acids is 2. The van der Waals surface area contributed by atoms with Gasteiger partial charge in [-0.3, -0.25) is 17.7 Å². The summed E-state index contributed by atoms with van der Waals surface area (Å²) in [5, 5.41) is 19.5. The Labute approximate surface area is 505 Å². The van der Waals surface area contributed by atoms with E-state index in [1.807, 2.05) is 130 Å². The third-order valence-corrected chi connectivity index (χ3v) is 21.3. The van der Waals surface area contributed by atoms with Gasteiger partial charge in [-0.05, 0) is 153 Å². The minimum Gasteiger partial charge on any atom is -0.481 e. The normalized spacial score (nSPS) is 17.2. The molecule has 3 aliphatic heterocycles. The second kappa shape index (κ2) is 31.6. The Bertz CT molecular complexity index is 3590. The van der Waals surface area contributed by atoms with E-state index in [2.05, 4.69) is 29.8 Å². The fourth-order valence-electron chi connectivity index (χ4n) is 11.1. The van der Waals surface area contributed by atoms with Crippen LogP contribution in [-0.2, 0) is 44.5 Å². The number of para-hydroxylation sites is 3. The molecule has 16 nitrogen and oxygen atoms in total. The van der Waals surface area contributed by atoms with Crippen LogP contribution in [0.25, 0.3) is 0 Å². The van der Waals surface area contributed by atoms with Crippen LogP contribution in [0.2, 0.25) is 0 Å². The fourth-order valence-corrected chi connectivity index (χ4v) is 15.7. The van der Waals surface area contributed by atoms with Crippen LogP contribution in [0.15, 0.2) is 142 Å².